The first-order valence-corrected chi connectivity index (χ1v) is 12.0. The van der Waals surface area contributed by atoms with E-state index in [1.54, 1.807) is 6.08 Å². The van der Waals surface area contributed by atoms with Gasteiger partial charge >= 0.3 is 5.97 Å². The number of nitrogens with zero attached hydrogens (tertiary/aromatic N) is 1. The molecule has 0 aromatic heterocycles. The molecule has 2 aromatic carbocycles. The Morgan fingerprint density at radius 2 is 1.97 bits per heavy atom. The van der Waals surface area contributed by atoms with Crippen molar-refractivity contribution in [3.8, 4) is 5.75 Å². The van der Waals surface area contributed by atoms with Crippen molar-refractivity contribution in [2.24, 2.45) is 5.92 Å². The maximum absolute atomic E-state index is 13.0. The summed E-state index contributed by atoms with van der Waals surface area (Å²) in [7, 11) is 1.94. The summed E-state index contributed by atoms with van der Waals surface area (Å²) >= 11 is 0. The Morgan fingerprint density at radius 3 is 2.76 bits per heavy atom. The van der Waals surface area contributed by atoms with Crippen LogP contribution >= 0.6 is 0 Å². The summed E-state index contributed by atoms with van der Waals surface area (Å²) in [6, 6.07) is 16.8. The van der Waals surface area contributed by atoms with Crippen molar-refractivity contribution >= 4 is 18.0 Å². The number of nitrogens with one attached hydrogen (secondary N) is 1. The Hall–Kier alpha value is -2.92. The molecule has 1 heterocycles. The molecule has 5 heteroatoms. The number of likely N-dealkylation sites (N-methyl/N-ethyl adjacent to an activating group) is 1. The van der Waals surface area contributed by atoms with Crippen molar-refractivity contribution in [3.63, 3.8) is 0 Å². The zero-order chi connectivity index (χ0) is 23.0. The number of hydrogen-bond acceptors (Lipinski definition) is 4. The van der Waals surface area contributed by atoms with Gasteiger partial charge in [-0.05, 0) is 79.5 Å². The summed E-state index contributed by atoms with van der Waals surface area (Å²) in [6.07, 6.45) is 8.71. The minimum atomic E-state index is -0.292. The smallest absolute Gasteiger partial charge is 0.308 e. The van der Waals surface area contributed by atoms with Gasteiger partial charge in [0.15, 0.2) is 0 Å². The van der Waals surface area contributed by atoms with Crippen LogP contribution in [-0.4, -0.2) is 42.5 Å². The Morgan fingerprint density at radius 1 is 1.15 bits per heavy atom. The number of fused-ring (bicyclic) bond motifs is 1. The summed E-state index contributed by atoms with van der Waals surface area (Å²) in [4.78, 5) is 26.5. The standard InChI is InChI=1S/C28H32N2O3/c1-19(31)33-23-11-9-21-16-26-24-12-10-22(18-28(24,14-15-29-26)25(21)17-23)30(2)27(32)13-8-20-6-4-3-5-7-20/h3-9,11,13,17,22,24,26,29H,10,12,14-16,18H2,1-2H3/t22-,24-,26+,28-/m0/s1. The molecular weight excluding hydrogens is 412 g/mol. The van der Waals surface area contributed by atoms with E-state index in [-0.39, 0.29) is 23.3 Å². The van der Waals surface area contributed by atoms with Crippen LogP contribution in [0.3, 0.4) is 0 Å². The molecule has 3 aliphatic rings. The van der Waals surface area contributed by atoms with Gasteiger partial charge in [0, 0.05) is 37.5 Å². The number of piperidine rings is 1. The van der Waals surface area contributed by atoms with E-state index in [4.69, 9.17) is 4.74 Å². The van der Waals surface area contributed by atoms with E-state index in [0.29, 0.717) is 17.7 Å². The molecule has 172 valence electrons. The number of carbonyl (C=O) groups is 2. The molecule has 0 unspecified atom stereocenters. The lowest BCUT2D eigenvalue weighted by Crippen LogP contribution is -2.62. The van der Waals surface area contributed by atoms with Crippen molar-refractivity contribution in [1.82, 2.24) is 10.2 Å². The molecule has 5 nitrogen and oxygen atoms in total. The fourth-order valence-corrected chi connectivity index (χ4v) is 6.50. The van der Waals surface area contributed by atoms with E-state index < -0.39 is 0 Å². The molecule has 4 atom stereocenters. The second-order valence-corrected chi connectivity index (χ2v) is 9.82. The van der Waals surface area contributed by atoms with E-state index in [1.807, 2.05) is 54.4 Å². The van der Waals surface area contributed by atoms with Gasteiger partial charge in [-0.3, -0.25) is 9.59 Å². The van der Waals surface area contributed by atoms with Gasteiger partial charge in [0.1, 0.15) is 5.75 Å². The molecule has 1 saturated carbocycles. The van der Waals surface area contributed by atoms with Crippen molar-refractivity contribution in [3.05, 3.63) is 71.3 Å². The van der Waals surface area contributed by atoms with Crippen LogP contribution in [0.1, 0.15) is 49.3 Å². The molecule has 5 rings (SSSR count). The lowest BCUT2D eigenvalue weighted by Gasteiger charge is -2.58. The average Bonchev–Trinajstić information content (AvgIpc) is 2.82. The monoisotopic (exact) mass is 444 g/mol. The zero-order valence-corrected chi connectivity index (χ0v) is 19.4. The van der Waals surface area contributed by atoms with Gasteiger partial charge in [-0.25, -0.2) is 0 Å². The van der Waals surface area contributed by atoms with Crippen LogP contribution in [0, 0.1) is 5.92 Å². The Labute approximate surface area is 195 Å². The zero-order valence-electron chi connectivity index (χ0n) is 19.4. The first kappa shape index (κ1) is 21.9. The lowest BCUT2D eigenvalue weighted by molar-refractivity contribution is -0.132. The first-order valence-electron chi connectivity index (χ1n) is 12.0. The van der Waals surface area contributed by atoms with Crippen LogP contribution in [0.2, 0.25) is 0 Å². The highest BCUT2D eigenvalue weighted by Gasteiger charge is 2.54. The van der Waals surface area contributed by atoms with Crippen LogP contribution < -0.4 is 10.1 Å². The molecule has 0 radical (unpaired) electrons. The normalized spacial score (nSPS) is 28.0. The molecule has 2 aromatic rings. The number of carbonyl (C=O) groups excluding carboxylic acids is 2. The van der Waals surface area contributed by atoms with Gasteiger partial charge in [0.2, 0.25) is 5.91 Å². The summed E-state index contributed by atoms with van der Waals surface area (Å²) in [5, 5.41) is 3.76. The summed E-state index contributed by atoms with van der Waals surface area (Å²) in [5.74, 6) is 0.934. The maximum Gasteiger partial charge on any atom is 0.308 e. The maximum atomic E-state index is 13.0. The molecule has 2 bridgehead atoms. The van der Waals surface area contributed by atoms with E-state index in [1.165, 1.54) is 18.1 Å². The molecule has 1 saturated heterocycles. The predicted molar refractivity (Wildman–Crippen MR) is 129 cm³/mol. The Balaban J connectivity index is 1.42. The van der Waals surface area contributed by atoms with E-state index in [0.717, 1.165) is 44.2 Å². The average molecular weight is 445 g/mol. The van der Waals surface area contributed by atoms with Gasteiger partial charge in [-0.2, -0.15) is 0 Å². The molecule has 1 amide bonds. The highest BCUT2D eigenvalue weighted by atomic mass is 16.5. The van der Waals surface area contributed by atoms with Crippen LogP contribution in [0.4, 0.5) is 0 Å². The van der Waals surface area contributed by atoms with Gasteiger partial charge < -0.3 is 15.0 Å². The Kier molecular flexibility index (Phi) is 5.83. The quantitative estimate of drug-likeness (QED) is 0.438. The first-order chi connectivity index (χ1) is 16.0. The molecular formula is C28H32N2O3. The molecule has 33 heavy (non-hydrogen) atoms. The van der Waals surface area contributed by atoms with Crippen LogP contribution in [0.25, 0.3) is 6.08 Å². The molecule has 1 aliphatic heterocycles. The van der Waals surface area contributed by atoms with Crippen LogP contribution in [-0.2, 0) is 21.4 Å². The van der Waals surface area contributed by atoms with Gasteiger partial charge in [-0.15, -0.1) is 0 Å². The topological polar surface area (TPSA) is 58.6 Å². The van der Waals surface area contributed by atoms with Gasteiger partial charge in [-0.1, -0.05) is 36.4 Å². The van der Waals surface area contributed by atoms with Crippen LogP contribution in [0.5, 0.6) is 5.75 Å². The van der Waals surface area contributed by atoms with Crippen molar-refractivity contribution in [2.75, 3.05) is 13.6 Å². The second kappa shape index (κ2) is 8.79. The molecule has 1 N–H and O–H groups in total. The second-order valence-electron chi connectivity index (χ2n) is 9.82. The van der Waals surface area contributed by atoms with Crippen molar-refractivity contribution in [2.45, 2.75) is 56.5 Å². The number of esters is 1. The third-order valence-electron chi connectivity index (χ3n) is 8.02. The minimum absolute atomic E-state index is 0.0141. The van der Waals surface area contributed by atoms with Gasteiger partial charge in [0.05, 0.1) is 0 Å². The highest BCUT2D eigenvalue weighted by Crippen LogP contribution is 2.55. The number of ether oxygens (including phenoxy) is 1. The third kappa shape index (κ3) is 4.10. The van der Waals surface area contributed by atoms with Crippen LogP contribution in [0.15, 0.2) is 54.6 Å². The SMILES string of the molecule is CC(=O)Oc1ccc2c(c1)[C@]13CCN[C@H](C2)[C@@H]1CC[C@H](N(C)C(=O)C=Cc1ccccc1)C3. The summed E-state index contributed by atoms with van der Waals surface area (Å²) < 4.78 is 5.45. The Bertz CT molecular complexity index is 1080. The fourth-order valence-electron chi connectivity index (χ4n) is 6.50. The van der Waals surface area contributed by atoms with Crippen molar-refractivity contribution in [1.29, 1.82) is 0 Å². The number of rotatable bonds is 4. The number of hydrogen-bond donors (Lipinski definition) is 1. The fraction of sp³-hybridized carbons (Fsp3) is 0.429. The van der Waals surface area contributed by atoms with E-state index in [9.17, 15) is 9.59 Å². The minimum Gasteiger partial charge on any atom is -0.427 e. The number of benzene rings is 2. The molecule has 0 spiro atoms. The summed E-state index contributed by atoms with van der Waals surface area (Å²) in [6.45, 7) is 2.43. The molecule has 2 aliphatic carbocycles. The van der Waals surface area contributed by atoms with Crippen molar-refractivity contribution < 1.29 is 14.3 Å². The third-order valence-corrected chi connectivity index (χ3v) is 8.02. The lowest BCUT2D eigenvalue weighted by atomic mass is 9.52. The van der Waals surface area contributed by atoms with Gasteiger partial charge in [0.25, 0.3) is 0 Å². The molecule has 2 fully saturated rings. The number of amides is 1. The summed E-state index contributed by atoms with van der Waals surface area (Å²) in [5.41, 5.74) is 3.72. The highest BCUT2D eigenvalue weighted by molar-refractivity contribution is 5.91. The van der Waals surface area contributed by atoms with E-state index >= 15 is 0 Å². The largest absolute Gasteiger partial charge is 0.427 e. The predicted octanol–water partition coefficient (Wildman–Crippen LogP) is 4.11. The van der Waals surface area contributed by atoms with E-state index in [2.05, 4.69) is 17.4 Å².